The number of carbonyl (C=O) groups excluding carboxylic acids is 1. The number of ether oxygens (including phenoxy) is 2. The van der Waals surface area contributed by atoms with Gasteiger partial charge in [0.2, 0.25) is 0 Å². The van der Waals surface area contributed by atoms with Crippen molar-refractivity contribution in [2.24, 2.45) is 4.99 Å². The van der Waals surface area contributed by atoms with E-state index in [0.717, 1.165) is 5.69 Å². The van der Waals surface area contributed by atoms with Gasteiger partial charge >= 0.3 is 0 Å². The predicted molar refractivity (Wildman–Crippen MR) is 96.7 cm³/mol. The Morgan fingerprint density at radius 1 is 1.28 bits per heavy atom. The van der Waals surface area contributed by atoms with Crippen molar-refractivity contribution in [3.8, 4) is 11.5 Å². The lowest BCUT2D eigenvalue weighted by Crippen LogP contribution is -2.39. The maximum absolute atomic E-state index is 12.0. The van der Waals surface area contributed by atoms with Crippen LogP contribution in [0, 0.1) is 0 Å². The predicted octanol–water partition coefficient (Wildman–Crippen LogP) is 1.12. The number of anilines is 1. The Morgan fingerprint density at radius 3 is 2.80 bits per heavy atom. The average Bonchev–Trinajstić information content (AvgIpc) is 3.03. The van der Waals surface area contributed by atoms with Gasteiger partial charge in [-0.05, 0) is 19.1 Å². The largest absolute Gasteiger partial charge is 0.486 e. The van der Waals surface area contributed by atoms with Crippen LogP contribution in [-0.2, 0) is 14.6 Å². The fourth-order valence-corrected chi connectivity index (χ4v) is 6.05. The second-order valence-corrected chi connectivity index (χ2v) is 9.41. The molecule has 25 heavy (non-hydrogen) atoms. The van der Waals surface area contributed by atoms with E-state index >= 15 is 0 Å². The monoisotopic (exact) mass is 382 g/mol. The summed E-state index contributed by atoms with van der Waals surface area (Å²) in [4.78, 5) is 17.9. The van der Waals surface area contributed by atoms with Crippen LogP contribution in [0.4, 0.5) is 5.69 Å². The van der Waals surface area contributed by atoms with E-state index in [0.29, 0.717) is 35.6 Å². The molecule has 0 saturated carbocycles. The van der Waals surface area contributed by atoms with E-state index in [2.05, 4.69) is 4.99 Å². The minimum absolute atomic E-state index is 0.0551. The van der Waals surface area contributed by atoms with Gasteiger partial charge in [0, 0.05) is 11.8 Å². The second-order valence-electron chi connectivity index (χ2n) is 6.31. The fraction of sp³-hybridized carbons (Fsp3) is 0.500. The van der Waals surface area contributed by atoms with Crippen molar-refractivity contribution < 1.29 is 22.7 Å². The molecule has 3 aliphatic heterocycles. The Morgan fingerprint density at radius 2 is 2.04 bits per heavy atom. The van der Waals surface area contributed by atoms with Crippen molar-refractivity contribution in [2.75, 3.05) is 35.4 Å². The molecule has 0 spiro atoms. The molecule has 134 valence electrons. The number of nitrogens with zero attached hydrogens (tertiary/aromatic N) is 2. The van der Waals surface area contributed by atoms with Crippen LogP contribution in [0.1, 0.15) is 6.92 Å². The number of hydrogen-bond acceptors (Lipinski definition) is 8. The highest BCUT2D eigenvalue weighted by atomic mass is 32.2. The lowest BCUT2D eigenvalue weighted by Gasteiger charge is -2.28. The molecule has 3 heterocycles. The molecule has 0 bridgehead atoms. The summed E-state index contributed by atoms with van der Waals surface area (Å²) in [5, 5.41) is 0.691. The molecule has 0 aromatic heterocycles. The highest BCUT2D eigenvalue weighted by Gasteiger charge is 2.47. The van der Waals surface area contributed by atoms with E-state index in [1.54, 1.807) is 0 Å². The summed E-state index contributed by atoms with van der Waals surface area (Å²) in [6.07, 6.45) is 0. The molecule has 0 radical (unpaired) electrons. The summed E-state index contributed by atoms with van der Waals surface area (Å²) in [7, 11) is -3.10. The number of hydrogen-bond donors (Lipinski definition) is 0. The maximum Gasteiger partial charge on any atom is 0.164 e. The van der Waals surface area contributed by atoms with Gasteiger partial charge < -0.3 is 14.4 Å². The zero-order chi connectivity index (χ0) is 17.6. The quantitative estimate of drug-likeness (QED) is 0.774. The molecule has 4 rings (SSSR count). The molecule has 0 amide bonds. The zero-order valence-corrected chi connectivity index (χ0v) is 15.3. The number of carbonyl (C=O) groups is 1. The van der Waals surface area contributed by atoms with Gasteiger partial charge in [-0.3, -0.25) is 9.79 Å². The van der Waals surface area contributed by atoms with E-state index in [1.807, 2.05) is 23.1 Å². The van der Waals surface area contributed by atoms with Crippen molar-refractivity contribution in [2.45, 2.75) is 19.0 Å². The molecule has 1 fully saturated rings. The molecular formula is C16H18N2O5S2. The van der Waals surface area contributed by atoms with Gasteiger partial charge in [-0.1, -0.05) is 11.8 Å². The number of rotatable bonds is 3. The normalized spacial score (nSPS) is 26.3. The second kappa shape index (κ2) is 6.21. The Labute approximate surface area is 150 Å². The van der Waals surface area contributed by atoms with E-state index in [9.17, 15) is 13.2 Å². The molecule has 1 aromatic carbocycles. The molecule has 0 N–H and O–H groups in total. The summed E-state index contributed by atoms with van der Waals surface area (Å²) >= 11 is 1.35. The number of amidine groups is 1. The third kappa shape index (κ3) is 3.22. The molecule has 1 aromatic rings. The van der Waals surface area contributed by atoms with Crippen molar-refractivity contribution in [3.05, 3.63) is 18.2 Å². The number of aliphatic imine (C=N–C) groups is 1. The van der Waals surface area contributed by atoms with Crippen molar-refractivity contribution >= 4 is 38.2 Å². The van der Waals surface area contributed by atoms with Gasteiger partial charge in [0.1, 0.15) is 19.0 Å². The molecule has 3 aliphatic rings. The molecule has 1 saturated heterocycles. The third-order valence-electron chi connectivity index (χ3n) is 4.32. The maximum atomic E-state index is 12.0. The van der Waals surface area contributed by atoms with Crippen LogP contribution in [0.3, 0.4) is 0 Å². The molecule has 7 nitrogen and oxygen atoms in total. The summed E-state index contributed by atoms with van der Waals surface area (Å²) in [5.41, 5.74) is 0.809. The van der Waals surface area contributed by atoms with Crippen LogP contribution < -0.4 is 14.4 Å². The highest BCUT2D eigenvalue weighted by molar-refractivity contribution is 8.14. The number of Topliss-reactive ketones (excluding diaryl/α,β-unsaturated/α-hetero) is 1. The van der Waals surface area contributed by atoms with E-state index in [4.69, 9.17) is 9.47 Å². The number of ketones is 1. The van der Waals surface area contributed by atoms with Crippen molar-refractivity contribution in [1.82, 2.24) is 0 Å². The van der Waals surface area contributed by atoms with Gasteiger partial charge in [0.25, 0.3) is 0 Å². The van der Waals surface area contributed by atoms with Crippen LogP contribution in [0.25, 0.3) is 0 Å². The number of sulfone groups is 1. The topological polar surface area (TPSA) is 85.3 Å². The SMILES string of the molecule is CC(=O)CSC1=N[C@@H]2CS(=O)(=O)C[C@H]2N1c1ccc2c(c1)OCCO2. The Kier molecular flexibility index (Phi) is 4.15. The van der Waals surface area contributed by atoms with E-state index in [-0.39, 0.29) is 29.4 Å². The minimum atomic E-state index is -3.10. The Hall–Kier alpha value is -1.74. The van der Waals surface area contributed by atoms with Gasteiger partial charge in [-0.2, -0.15) is 0 Å². The van der Waals surface area contributed by atoms with Crippen LogP contribution in [0.5, 0.6) is 11.5 Å². The summed E-state index contributed by atoms with van der Waals surface area (Å²) in [6, 6.07) is 5.04. The lowest BCUT2D eigenvalue weighted by atomic mass is 10.1. The first-order valence-corrected chi connectivity index (χ1v) is 10.8. The number of thioether (sulfide) groups is 1. The Bertz CT molecular complexity index is 852. The first-order chi connectivity index (χ1) is 11.9. The van der Waals surface area contributed by atoms with Crippen LogP contribution >= 0.6 is 11.8 Å². The van der Waals surface area contributed by atoms with Crippen molar-refractivity contribution in [3.63, 3.8) is 0 Å². The lowest BCUT2D eigenvalue weighted by molar-refractivity contribution is -0.114. The molecule has 2 atom stereocenters. The van der Waals surface area contributed by atoms with Crippen LogP contribution in [0.2, 0.25) is 0 Å². The highest BCUT2D eigenvalue weighted by Crippen LogP contribution is 2.39. The van der Waals surface area contributed by atoms with Crippen LogP contribution in [0.15, 0.2) is 23.2 Å². The summed E-state index contributed by atoms with van der Waals surface area (Å²) in [5.74, 6) is 1.82. The summed E-state index contributed by atoms with van der Waals surface area (Å²) in [6.45, 7) is 2.53. The molecule has 0 unspecified atom stereocenters. The van der Waals surface area contributed by atoms with Crippen molar-refractivity contribution in [1.29, 1.82) is 0 Å². The molecule has 9 heteroatoms. The minimum Gasteiger partial charge on any atom is -0.486 e. The number of benzene rings is 1. The zero-order valence-electron chi connectivity index (χ0n) is 13.7. The van der Waals surface area contributed by atoms with Gasteiger partial charge in [-0.15, -0.1) is 0 Å². The standard InChI is InChI=1S/C16H18N2O5S2/c1-10(19)7-24-16-17-12-8-25(20,21)9-13(12)18(16)11-2-3-14-15(6-11)23-5-4-22-14/h2-3,6,12-13H,4-5,7-9H2,1H3/t12-,13-/m1/s1. The van der Waals surface area contributed by atoms with Gasteiger partial charge in [0.15, 0.2) is 26.5 Å². The van der Waals surface area contributed by atoms with Gasteiger partial charge in [0.05, 0.1) is 29.3 Å². The van der Waals surface area contributed by atoms with Gasteiger partial charge in [-0.25, -0.2) is 8.42 Å². The first-order valence-electron chi connectivity index (χ1n) is 8.02. The fourth-order valence-electron chi connectivity index (χ4n) is 3.28. The van der Waals surface area contributed by atoms with E-state index in [1.165, 1.54) is 18.7 Å². The Balaban J connectivity index is 1.68. The van der Waals surface area contributed by atoms with E-state index < -0.39 is 9.84 Å². The first kappa shape index (κ1) is 16.7. The molecular weight excluding hydrogens is 364 g/mol. The molecule has 0 aliphatic carbocycles. The average molecular weight is 382 g/mol. The third-order valence-corrected chi connectivity index (χ3v) is 7.13. The summed E-state index contributed by atoms with van der Waals surface area (Å²) < 4.78 is 35.2. The number of fused-ring (bicyclic) bond motifs is 2. The van der Waals surface area contributed by atoms with Crippen LogP contribution in [-0.4, -0.2) is 61.9 Å². The smallest absolute Gasteiger partial charge is 0.164 e.